The van der Waals surface area contributed by atoms with E-state index >= 15 is 0 Å². The summed E-state index contributed by atoms with van der Waals surface area (Å²) in [5.41, 5.74) is 1.49. The third-order valence-corrected chi connectivity index (χ3v) is 6.64. The van der Waals surface area contributed by atoms with Crippen LogP contribution >= 0.6 is 0 Å². The molecular weight excluding hydrogens is 334 g/mol. The summed E-state index contributed by atoms with van der Waals surface area (Å²) in [4.78, 5) is 12.7. The maximum Gasteiger partial charge on any atom is 0.221 e. The third kappa shape index (κ3) is 4.48. The average Bonchev–Trinajstić information content (AvgIpc) is 2.87. The number of benzene rings is 2. The maximum absolute atomic E-state index is 12.7. The van der Waals surface area contributed by atoms with Crippen LogP contribution in [0.1, 0.15) is 36.8 Å². The number of amides is 1. The van der Waals surface area contributed by atoms with Gasteiger partial charge in [-0.2, -0.15) is 0 Å². The number of hydrogen-bond acceptors (Lipinski definition) is 3. The second-order valence-corrected chi connectivity index (χ2v) is 9.21. The second-order valence-electron chi connectivity index (χ2n) is 7.03. The molecule has 4 nitrogen and oxygen atoms in total. The number of sulfone groups is 1. The lowest BCUT2D eigenvalue weighted by Crippen LogP contribution is -2.47. The highest BCUT2D eigenvalue weighted by Gasteiger charge is 2.39. The molecule has 1 amide bonds. The summed E-state index contributed by atoms with van der Waals surface area (Å²) in [6.07, 6.45) is 0.770. The van der Waals surface area contributed by atoms with Gasteiger partial charge < -0.3 is 5.32 Å². The summed E-state index contributed by atoms with van der Waals surface area (Å²) >= 11 is 0. The van der Waals surface area contributed by atoms with Crippen molar-refractivity contribution in [1.82, 2.24) is 5.32 Å². The monoisotopic (exact) mass is 357 g/mol. The molecule has 1 saturated heterocycles. The molecule has 3 rings (SSSR count). The predicted octanol–water partition coefficient (Wildman–Crippen LogP) is 2.90. The van der Waals surface area contributed by atoms with Crippen molar-refractivity contribution in [2.45, 2.75) is 31.2 Å². The Balaban J connectivity index is 1.78. The van der Waals surface area contributed by atoms with E-state index in [1.165, 1.54) is 0 Å². The summed E-state index contributed by atoms with van der Waals surface area (Å²) in [6.45, 7) is 1.81. The number of hydrogen-bond donors (Lipinski definition) is 1. The normalized spacial score (nSPS) is 22.0. The van der Waals surface area contributed by atoms with E-state index in [1.54, 1.807) is 0 Å². The van der Waals surface area contributed by atoms with Crippen molar-refractivity contribution in [3.8, 4) is 0 Å². The van der Waals surface area contributed by atoms with Crippen molar-refractivity contribution >= 4 is 15.7 Å². The molecule has 2 aromatic rings. The Bertz CT molecular complexity index is 794. The Kier molecular flexibility index (Phi) is 4.95. The highest BCUT2D eigenvalue weighted by molar-refractivity contribution is 7.91. The number of carbonyl (C=O) groups excluding carboxylic acids is 1. The van der Waals surface area contributed by atoms with Gasteiger partial charge >= 0.3 is 0 Å². The SMILES string of the molecule is C[C@@]1(NC(=O)CC(c2ccccc2)c2ccccc2)CCS(=O)(=O)C1. The quantitative estimate of drug-likeness (QED) is 0.895. The van der Waals surface area contributed by atoms with Crippen molar-refractivity contribution in [1.29, 1.82) is 0 Å². The zero-order valence-electron chi connectivity index (χ0n) is 14.3. The van der Waals surface area contributed by atoms with E-state index in [9.17, 15) is 13.2 Å². The summed E-state index contributed by atoms with van der Waals surface area (Å²) < 4.78 is 23.5. The van der Waals surface area contributed by atoms with Gasteiger partial charge in [-0.1, -0.05) is 60.7 Å². The highest BCUT2D eigenvalue weighted by atomic mass is 32.2. The highest BCUT2D eigenvalue weighted by Crippen LogP contribution is 2.29. The van der Waals surface area contributed by atoms with Gasteiger partial charge in [0, 0.05) is 12.3 Å². The van der Waals surface area contributed by atoms with Crippen molar-refractivity contribution in [2.24, 2.45) is 0 Å². The van der Waals surface area contributed by atoms with E-state index in [0.717, 1.165) is 11.1 Å². The molecule has 2 aromatic carbocycles. The molecule has 0 aromatic heterocycles. The van der Waals surface area contributed by atoms with Crippen molar-refractivity contribution in [3.05, 3.63) is 71.8 Å². The Morgan fingerprint density at radius 2 is 1.56 bits per heavy atom. The van der Waals surface area contributed by atoms with Crippen molar-refractivity contribution < 1.29 is 13.2 Å². The zero-order chi connectivity index (χ0) is 17.9. The van der Waals surface area contributed by atoms with Crippen molar-refractivity contribution in [3.63, 3.8) is 0 Å². The minimum absolute atomic E-state index is 0.0209. The molecule has 1 atom stereocenters. The fourth-order valence-electron chi connectivity index (χ4n) is 3.48. The lowest BCUT2D eigenvalue weighted by atomic mass is 9.88. The minimum atomic E-state index is -3.05. The van der Waals surface area contributed by atoms with Crippen LogP contribution in [0.5, 0.6) is 0 Å². The van der Waals surface area contributed by atoms with Crippen LogP contribution in [-0.2, 0) is 14.6 Å². The zero-order valence-corrected chi connectivity index (χ0v) is 15.1. The molecule has 1 heterocycles. The average molecular weight is 357 g/mol. The molecule has 0 spiro atoms. The lowest BCUT2D eigenvalue weighted by Gasteiger charge is -2.26. The Labute approximate surface area is 149 Å². The molecule has 132 valence electrons. The van der Waals surface area contributed by atoms with Crippen molar-refractivity contribution in [2.75, 3.05) is 11.5 Å². The minimum Gasteiger partial charge on any atom is -0.350 e. The molecule has 1 aliphatic heterocycles. The van der Waals surface area contributed by atoms with Gasteiger partial charge in [-0.05, 0) is 24.5 Å². The largest absolute Gasteiger partial charge is 0.350 e. The van der Waals surface area contributed by atoms with Gasteiger partial charge in [0.25, 0.3) is 0 Å². The van der Waals surface area contributed by atoms with Gasteiger partial charge in [-0.3, -0.25) is 4.79 Å². The van der Waals surface area contributed by atoms with Crippen LogP contribution in [0.2, 0.25) is 0 Å². The Morgan fingerprint density at radius 3 is 2.00 bits per heavy atom. The molecule has 0 unspecified atom stereocenters. The van der Waals surface area contributed by atoms with Gasteiger partial charge in [-0.15, -0.1) is 0 Å². The van der Waals surface area contributed by atoms with Gasteiger partial charge in [0.1, 0.15) is 0 Å². The van der Waals surface area contributed by atoms with E-state index in [1.807, 2.05) is 67.6 Å². The topological polar surface area (TPSA) is 63.2 Å². The van der Waals surface area contributed by atoms with E-state index < -0.39 is 15.4 Å². The maximum atomic E-state index is 12.7. The Hall–Kier alpha value is -2.14. The smallest absolute Gasteiger partial charge is 0.221 e. The standard InChI is InChI=1S/C20H23NO3S/c1-20(12-13-25(23,24)15-20)21-19(22)14-18(16-8-4-2-5-9-16)17-10-6-3-7-11-17/h2-11,18H,12-15H2,1H3,(H,21,22)/t20-/m1/s1. The third-order valence-electron chi connectivity index (χ3n) is 4.74. The summed E-state index contributed by atoms with van der Waals surface area (Å²) in [6, 6.07) is 19.9. The molecule has 0 aliphatic carbocycles. The first-order chi connectivity index (χ1) is 11.9. The lowest BCUT2D eigenvalue weighted by molar-refractivity contribution is -0.122. The molecular formula is C20H23NO3S. The first kappa shape index (κ1) is 17.7. The van der Waals surface area contributed by atoms with Crippen LogP contribution < -0.4 is 5.32 Å². The molecule has 25 heavy (non-hydrogen) atoms. The van der Waals surface area contributed by atoms with Gasteiger partial charge in [0.05, 0.1) is 17.0 Å². The molecule has 1 aliphatic rings. The molecule has 1 N–H and O–H groups in total. The summed E-state index contributed by atoms with van der Waals surface area (Å²) in [5, 5.41) is 2.96. The van der Waals surface area contributed by atoms with Crippen LogP contribution in [0.4, 0.5) is 0 Å². The van der Waals surface area contributed by atoms with E-state index in [2.05, 4.69) is 5.32 Å². The molecule has 0 bridgehead atoms. The fourth-order valence-corrected chi connectivity index (χ4v) is 5.57. The van der Waals surface area contributed by atoms with E-state index in [4.69, 9.17) is 0 Å². The predicted molar refractivity (Wildman–Crippen MR) is 99.2 cm³/mol. The van der Waals surface area contributed by atoms with E-state index in [-0.39, 0.29) is 23.3 Å². The van der Waals surface area contributed by atoms with Gasteiger partial charge in [0.2, 0.25) is 5.91 Å². The van der Waals surface area contributed by atoms with Gasteiger partial charge in [-0.25, -0.2) is 8.42 Å². The molecule has 1 fully saturated rings. The molecule has 5 heteroatoms. The van der Waals surface area contributed by atoms with Crippen LogP contribution in [0.25, 0.3) is 0 Å². The van der Waals surface area contributed by atoms with Crippen LogP contribution in [0.3, 0.4) is 0 Å². The first-order valence-electron chi connectivity index (χ1n) is 8.48. The fraction of sp³-hybridized carbons (Fsp3) is 0.350. The summed E-state index contributed by atoms with van der Waals surface area (Å²) in [7, 11) is -3.05. The molecule has 0 radical (unpaired) electrons. The first-order valence-corrected chi connectivity index (χ1v) is 10.3. The number of nitrogens with one attached hydrogen (secondary N) is 1. The second kappa shape index (κ2) is 7.00. The molecule has 0 saturated carbocycles. The number of rotatable bonds is 5. The Morgan fingerprint density at radius 1 is 1.04 bits per heavy atom. The number of carbonyl (C=O) groups is 1. The van der Waals surface area contributed by atoms with Crippen LogP contribution in [-0.4, -0.2) is 31.4 Å². The summed E-state index contributed by atoms with van der Waals surface area (Å²) in [5.74, 6) is -0.00110. The van der Waals surface area contributed by atoms with Gasteiger partial charge in [0.15, 0.2) is 9.84 Å². The van der Waals surface area contributed by atoms with E-state index in [0.29, 0.717) is 12.8 Å². The van der Waals surface area contributed by atoms with Crippen LogP contribution in [0.15, 0.2) is 60.7 Å². The van der Waals surface area contributed by atoms with Crippen LogP contribution in [0, 0.1) is 0 Å².